The van der Waals surface area contributed by atoms with Gasteiger partial charge in [-0.3, -0.25) is 14.2 Å². The van der Waals surface area contributed by atoms with Gasteiger partial charge in [-0.25, -0.2) is 4.79 Å². The van der Waals surface area contributed by atoms with E-state index in [1.807, 2.05) is 0 Å². The van der Waals surface area contributed by atoms with Crippen molar-refractivity contribution in [2.75, 3.05) is 0 Å². The van der Waals surface area contributed by atoms with Crippen LogP contribution in [0.15, 0.2) is 18.3 Å². The number of nitrogens with zero attached hydrogens (tertiary/aromatic N) is 1. The van der Waals surface area contributed by atoms with Gasteiger partial charge in [0.25, 0.3) is 0 Å². The van der Waals surface area contributed by atoms with E-state index in [1.165, 1.54) is 10.8 Å². The van der Waals surface area contributed by atoms with Gasteiger partial charge < -0.3 is 9.47 Å². The number of aromatic nitrogens is 1. The van der Waals surface area contributed by atoms with Crippen LogP contribution in [0.4, 0.5) is 4.79 Å². The molecule has 1 aromatic heterocycles. The van der Waals surface area contributed by atoms with Crippen LogP contribution < -0.4 is 0 Å². The fourth-order valence-corrected chi connectivity index (χ4v) is 1.51. The third-order valence-corrected chi connectivity index (χ3v) is 2.54. The number of hydrogen-bond acceptors (Lipinski definition) is 5. The maximum atomic E-state index is 12.0. The van der Waals surface area contributed by atoms with Crippen LogP contribution in [0.2, 0.25) is 0 Å². The summed E-state index contributed by atoms with van der Waals surface area (Å²) in [5, 5.41) is 0. The lowest BCUT2D eigenvalue weighted by Gasteiger charge is -2.20. The van der Waals surface area contributed by atoms with E-state index < -0.39 is 17.7 Å². The Kier molecular flexibility index (Phi) is 5.69. The summed E-state index contributed by atoms with van der Waals surface area (Å²) in [5.74, 6) is -0.777. The molecule has 0 aliphatic heterocycles. The maximum absolute atomic E-state index is 12.0. The van der Waals surface area contributed by atoms with Gasteiger partial charge in [0.05, 0.1) is 5.69 Å². The molecule has 0 saturated carbocycles. The molecule has 1 aromatic rings. The van der Waals surface area contributed by atoms with Crippen LogP contribution in [-0.4, -0.2) is 28.0 Å². The Morgan fingerprint density at radius 2 is 1.90 bits per heavy atom. The monoisotopic (exact) mass is 295 g/mol. The zero-order valence-corrected chi connectivity index (χ0v) is 12.8. The van der Waals surface area contributed by atoms with Crippen LogP contribution >= 0.6 is 0 Å². The quantitative estimate of drug-likeness (QED) is 0.616. The summed E-state index contributed by atoms with van der Waals surface area (Å²) in [4.78, 5) is 34.5. The van der Waals surface area contributed by atoms with Gasteiger partial charge in [0.1, 0.15) is 24.4 Å². The van der Waals surface area contributed by atoms with Gasteiger partial charge in [-0.1, -0.05) is 6.92 Å². The van der Waals surface area contributed by atoms with Crippen molar-refractivity contribution in [2.24, 2.45) is 0 Å². The van der Waals surface area contributed by atoms with Crippen LogP contribution in [-0.2, 0) is 25.7 Å². The normalized spacial score (nSPS) is 11.0. The van der Waals surface area contributed by atoms with Crippen molar-refractivity contribution in [3.8, 4) is 0 Å². The summed E-state index contributed by atoms with van der Waals surface area (Å²) < 4.78 is 11.5. The molecular formula is C15H21NO5. The van der Waals surface area contributed by atoms with Crippen LogP contribution in [0.5, 0.6) is 0 Å². The first kappa shape index (κ1) is 16.9. The summed E-state index contributed by atoms with van der Waals surface area (Å²) in [6.45, 7) is 6.91. The first-order valence-corrected chi connectivity index (χ1v) is 6.80. The SMILES string of the molecule is CCC(=O)CC(=O)OCc1cccn1C(=O)OC(C)(C)C. The number of carbonyl (C=O) groups is 3. The summed E-state index contributed by atoms with van der Waals surface area (Å²) in [5.41, 5.74) is -0.121. The van der Waals surface area contributed by atoms with Crippen LogP contribution in [0, 0.1) is 0 Å². The number of esters is 1. The number of hydrogen-bond donors (Lipinski definition) is 0. The average molecular weight is 295 g/mol. The molecule has 1 rings (SSSR count). The molecule has 0 aliphatic rings. The second-order valence-electron chi connectivity index (χ2n) is 5.58. The van der Waals surface area contributed by atoms with E-state index in [4.69, 9.17) is 9.47 Å². The molecule has 21 heavy (non-hydrogen) atoms. The van der Waals surface area contributed by atoms with E-state index in [0.29, 0.717) is 12.1 Å². The topological polar surface area (TPSA) is 74.6 Å². The molecule has 0 spiro atoms. The Morgan fingerprint density at radius 3 is 2.48 bits per heavy atom. The number of ether oxygens (including phenoxy) is 2. The molecule has 6 nitrogen and oxygen atoms in total. The van der Waals surface area contributed by atoms with E-state index in [1.54, 1.807) is 39.8 Å². The van der Waals surface area contributed by atoms with E-state index in [0.717, 1.165) is 0 Å². The molecule has 0 unspecified atom stereocenters. The fraction of sp³-hybridized carbons (Fsp3) is 0.533. The van der Waals surface area contributed by atoms with Gasteiger partial charge in [0.15, 0.2) is 0 Å². The first-order chi connectivity index (χ1) is 9.73. The van der Waals surface area contributed by atoms with E-state index in [9.17, 15) is 14.4 Å². The molecule has 0 aromatic carbocycles. The van der Waals surface area contributed by atoms with Gasteiger partial charge in [0, 0.05) is 12.6 Å². The van der Waals surface area contributed by atoms with Crippen LogP contribution in [0.25, 0.3) is 0 Å². The van der Waals surface area contributed by atoms with Crippen molar-refractivity contribution in [1.29, 1.82) is 0 Å². The number of ketones is 1. The number of carbonyl (C=O) groups excluding carboxylic acids is 3. The lowest BCUT2D eigenvalue weighted by atomic mass is 10.2. The van der Waals surface area contributed by atoms with Gasteiger partial charge in [-0.05, 0) is 32.9 Å². The molecular weight excluding hydrogens is 274 g/mol. The zero-order valence-electron chi connectivity index (χ0n) is 12.8. The zero-order chi connectivity index (χ0) is 16.0. The highest BCUT2D eigenvalue weighted by molar-refractivity contribution is 5.95. The minimum atomic E-state index is -0.608. The predicted molar refractivity (Wildman–Crippen MR) is 75.8 cm³/mol. The molecule has 0 atom stereocenters. The van der Waals surface area contributed by atoms with Gasteiger partial charge in [0.2, 0.25) is 0 Å². The van der Waals surface area contributed by atoms with E-state index in [-0.39, 0.29) is 18.8 Å². The van der Waals surface area contributed by atoms with Crippen molar-refractivity contribution in [3.63, 3.8) is 0 Å². The lowest BCUT2D eigenvalue weighted by molar-refractivity contribution is -0.147. The third kappa shape index (κ3) is 5.81. The Morgan fingerprint density at radius 1 is 1.24 bits per heavy atom. The van der Waals surface area contributed by atoms with E-state index >= 15 is 0 Å². The number of rotatable bonds is 5. The lowest BCUT2D eigenvalue weighted by Crippen LogP contribution is -2.28. The largest absolute Gasteiger partial charge is 0.459 e. The molecule has 6 heteroatoms. The second kappa shape index (κ2) is 7.06. The van der Waals surface area contributed by atoms with Gasteiger partial charge in [-0.15, -0.1) is 0 Å². The Labute approximate surface area is 124 Å². The fourth-order valence-electron chi connectivity index (χ4n) is 1.51. The predicted octanol–water partition coefficient (Wildman–Crippen LogP) is 2.68. The Hall–Kier alpha value is -2.11. The third-order valence-electron chi connectivity index (χ3n) is 2.54. The molecule has 0 bridgehead atoms. The van der Waals surface area contributed by atoms with Crippen LogP contribution in [0.3, 0.4) is 0 Å². The molecule has 0 amide bonds. The van der Waals surface area contributed by atoms with Gasteiger partial charge >= 0.3 is 12.1 Å². The molecule has 0 aliphatic carbocycles. The summed E-state index contributed by atoms with van der Waals surface area (Å²) in [6, 6.07) is 3.31. The first-order valence-electron chi connectivity index (χ1n) is 6.80. The van der Waals surface area contributed by atoms with Gasteiger partial charge in [-0.2, -0.15) is 0 Å². The van der Waals surface area contributed by atoms with Crippen molar-refractivity contribution in [1.82, 2.24) is 4.57 Å². The summed E-state index contributed by atoms with van der Waals surface area (Å²) >= 11 is 0. The van der Waals surface area contributed by atoms with E-state index in [2.05, 4.69) is 0 Å². The molecule has 0 fully saturated rings. The highest BCUT2D eigenvalue weighted by Crippen LogP contribution is 2.12. The van der Waals surface area contributed by atoms with Crippen LogP contribution in [0.1, 0.15) is 46.2 Å². The minimum absolute atomic E-state index is 0.0813. The number of Topliss-reactive ketones (excluding diaryl/α,β-unsaturated/α-hetero) is 1. The minimum Gasteiger partial charge on any atom is -0.459 e. The van der Waals surface area contributed by atoms with Crippen molar-refractivity contribution in [2.45, 2.75) is 52.7 Å². The molecule has 0 radical (unpaired) electrons. The van der Waals surface area contributed by atoms with Crippen molar-refractivity contribution in [3.05, 3.63) is 24.0 Å². The second-order valence-corrected chi connectivity index (χ2v) is 5.58. The highest BCUT2D eigenvalue weighted by Gasteiger charge is 2.19. The molecule has 1 heterocycles. The summed E-state index contributed by atoms with van der Waals surface area (Å²) in [6.07, 6.45) is 1.05. The molecule has 116 valence electrons. The van der Waals surface area contributed by atoms with Crippen molar-refractivity contribution < 1.29 is 23.9 Å². The molecule has 0 N–H and O–H groups in total. The smallest absolute Gasteiger partial charge is 0.418 e. The average Bonchev–Trinajstić information content (AvgIpc) is 2.82. The molecule has 0 saturated heterocycles. The van der Waals surface area contributed by atoms with Crippen molar-refractivity contribution >= 4 is 17.8 Å². The Balaban J connectivity index is 2.62. The highest BCUT2D eigenvalue weighted by atomic mass is 16.6. The standard InChI is InChI=1S/C15H21NO5/c1-5-12(17)9-13(18)20-10-11-7-6-8-16(11)14(19)21-15(2,3)4/h6-8H,5,9-10H2,1-4H3. The Bertz CT molecular complexity index is 524. The summed E-state index contributed by atoms with van der Waals surface area (Å²) in [7, 11) is 0. The maximum Gasteiger partial charge on any atom is 0.418 e.